The van der Waals surface area contributed by atoms with Crippen molar-refractivity contribution >= 4 is 23.0 Å². The van der Waals surface area contributed by atoms with Crippen LogP contribution >= 0.6 is 0 Å². The first-order chi connectivity index (χ1) is 11.6. The Bertz CT molecular complexity index is 840. The summed E-state index contributed by atoms with van der Waals surface area (Å²) in [6, 6.07) is 19.3. The molecule has 0 saturated heterocycles. The molecule has 0 aliphatic heterocycles. The summed E-state index contributed by atoms with van der Waals surface area (Å²) in [4.78, 5) is 16.5. The third-order valence-corrected chi connectivity index (χ3v) is 3.61. The molecule has 1 aromatic heterocycles. The average molecular weight is 317 g/mol. The summed E-state index contributed by atoms with van der Waals surface area (Å²) in [6.07, 6.45) is 1.66. The summed E-state index contributed by atoms with van der Waals surface area (Å²) in [6.45, 7) is 4.05. The zero-order valence-electron chi connectivity index (χ0n) is 13.7. The van der Waals surface area contributed by atoms with Crippen LogP contribution < -0.4 is 10.6 Å². The first-order valence-electron chi connectivity index (χ1n) is 7.78. The van der Waals surface area contributed by atoms with E-state index in [1.807, 2.05) is 62.4 Å². The monoisotopic (exact) mass is 317 g/mol. The van der Waals surface area contributed by atoms with Gasteiger partial charge in [0.1, 0.15) is 5.69 Å². The third kappa shape index (κ3) is 3.98. The van der Waals surface area contributed by atoms with E-state index >= 15 is 0 Å². The molecule has 2 N–H and O–H groups in total. The van der Waals surface area contributed by atoms with Crippen molar-refractivity contribution in [3.8, 4) is 0 Å². The van der Waals surface area contributed by atoms with Gasteiger partial charge in [0.2, 0.25) is 0 Å². The molecule has 0 atom stereocenters. The molecular weight excluding hydrogens is 298 g/mol. The van der Waals surface area contributed by atoms with Crippen LogP contribution in [0.4, 0.5) is 17.1 Å². The molecule has 1 amide bonds. The van der Waals surface area contributed by atoms with Gasteiger partial charge in [-0.1, -0.05) is 29.8 Å². The summed E-state index contributed by atoms with van der Waals surface area (Å²) >= 11 is 0. The first-order valence-corrected chi connectivity index (χ1v) is 7.78. The highest BCUT2D eigenvalue weighted by Gasteiger charge is 2.07. The van der Waals surface area contributed by atoms with Crippen LogP contribution in [0.1, 0.15) is 21.6 Å². The number of nitrogens with zero attached hydrogens (tertiary/aromatic N) is 1. The van der Waals surface area contributed by atoms with Crippen molar-refractivity contribution in [2.75, 3.05) is 10.6 Å². The van der Waals surface area contributed by atoms with Crippen molar-refractivity contribution in [2.24, 2.45) is 0 Å². The number of carbonyl (C=O) groups is 1. The van der Waals surface area contributed by atoms with Gasteiger partial charge < -0.3 is 10.6 Å². The van der Waals surface area contributed by atoms with Crippen LogP contribution in [0, 0.1) is 13.8 Å². The van der Waals surface area contributed by atoms with E-state index in [-0.39, 0.29) is 5.91 Å². The molecule has 1 heterocycles. The SMILES string of the molecule is Cc1ccc(NC(=O)c2ccc(Nc3cccc(C)c3)cn2)cc1. The van der Waals surface area contributed by atoms with Gasteiger partial charge in [0.25, 0.3) is 5.91 Å². The Balaban J connectivity index is 1.67. The normalized spacial score (nSPS) is 10.2. The van der Waals surface area contributed by atoms with E-state index in [1.165, 1.54) is 5.56 Å². The number of aromatic nitrogens is 1. The van der Waals surface area contributed by atoms with Gasteiger partial charge in [0.05, 0.1) is 11.9 Å². The Morgan fingerprint density at radius 2 is 1.58 bits per heavy atom. The molecule has 4 heteroatoms. The predicted octanol–water partition coefficient (Wildman–Crippen LogP) is 4.69. The van der Waals surface area contributed by atoms with Crippen LogP contribution in [-0.4, -0.2) is 10.9 Å². The minimum Gasteiger partial charge on any atom is -0.354 e. The Labute approximate surface area is 141 Å². The number of hydrogen-bond acceptors (Lipinski definition) is 3. The lowest BCUT2D eigenvalue weighted by Crippen LogP contribution is -2.13. The van der Waals surface area contributed by atoms with Gasteiger partial charge in [0, 0.05) is 11.4 Å². The van der Waals surface area contributed by atoms with Crippen molar-refractivity contribution in [2.45, 2.75) is 13.8 Å². The number of carbonyl (C=O) groups excluding carboxylic acids is 1. The maximum Gasteiger partial charge on any atom is 0.274 e. The van der Waals surface area contributed by atoms with E-state index in [4.69, 9.17) is 0 Å². The Hall–Kier alpha value is -3.14. The van der Waals surface area contributed by atoms with Gasteiger partial charge in [-0.05, 0) is 55.8 Å². The number of anilines is 3. The minimum absolute atomic E-state index is 0.221. The maximum atomic E-state index is 12.2. The number of nitrogens with one attached hydrogen (secondary N) is 2. The molecule has 0 bridgehead atoms. The smallest absolute Gasteiger partial charge is 0.274 e. The van der Waals surface area contributed by atoms with E-state index in [0.717, 1.165) is 22.6 Å². The second-order valence-corrected chi connectivity index (χ2v) is 5.75. The second kappa shape index (κ2) is 6.96. The van der Waals surface area contributed by atoms with Crippen molar-refractivity contribution in [3.63, 3.8) is 0 Å². The number of pyridine rings is 1. The van der Waals surface area contributed by atoms with Crippen molar-refractivity contribution in [1.82, 2.24) is 4.98 Å². The fourth-order valence-electron chi connectivity index (χ4n) is 2.32. The van der Waals surface area contributed by atoms with Crippen LogP contribution in [0.3, 0.4) is 0 Å². The van der Waals surface area contributed by atoms with Gasteiger partial charge in [-0.15, -0.1) is 0 Å². The summed E-state index contributed by atoms with van der Waals surface area (Å²) < 4.78 is 0. The molecule has 120 valence electrons. The lowest BCUT2D eigenvalue weighted by atomic mass is 10.2. The topological polar surface area (TPSA) is 54.0 Å². The number of amides is 1. The molecule has 0 fully saturated rings. The molecule has 4 nitrogen and oxygen atoms in total. The van der Waals surface area contributed by atoms with Crippen LogP contribution in [0.2, 0.25) is 0 Å². The molecule has 2 aromatic carbocycles. The molecule has 0 unspecified atom stereocenters. The van der Waals surface area contributed by atoms with Gasteiger partial charge >= 0.3 is 0 Å². The lowest BCUT2D eigenvalue weighted by Gasteiger charge is -2.08. The van der Waals surface area contributed by atoms with Crippen LogP contribution in [0.5, 0.6) is 0 Å². The molecule has 0 aliphatic carbocycles. The Morgan fingerprint density at radius 1 is 0.833 bits per heavy atom. The Morgan fingerprint density at radius 3 is 2.25 bits per heavy atom. The third-order valence-electron chi connectivity index (χ3n) is 3.61. The summed E-state index contributed by atoms with van der Waals surface area (Å²) in [5.41, 5.74) is 5.31. The highest BCUT2D eigenvalue weighted by atomic mass is 16.1. The molecule has 0 radical (unpaired) electrons. The molecule has 3 rings (SSSR count). The predicted molar refractivity (Wildman–Crippen MR) is 97.8 cm³/mol. The molecular formula is C20H19N3O. The quantitative estimate of drug-likeness (QED) is 0.733. The van der Waals surface area contributed by atoms with Crippen molar-refractivity contribution in [1.29, 1.82) is 0 Å². The number of rotatable bonds is 4. The number of hydrogen-bond donors (Lipinski definition) is 2. The molecule has 0 saturated carbocycles. The standard InChI is InChI=1S/C20H19N3O/c1-14-6-8-16(9-7-14)23-20(24)19-11-10-18(13-21-19)22-17-5-3-4-15(2)12-17/h3-13,22H,1-2H3,(H,23,24). The van der Waals surface area contributed by atoms with Gasteiger partial charge in [-0.3, -0.25) is 4.79 Å². The number of benzene rings is 2. The molecule has 24 heavy (non-hydrogen) atoms. The maximum absolute atomic E-state index is 12.2. The zero-order valence-corrected chi connectivity index (χ0v) is 13.7. The van der Waals surface area contributed by atoms with Gasteiger partial charge in [0.15, 0.2) is 0 Å². The van der Waals surface area contributed by atoms with E-state index < -0.39 is 0 Å². The molecule has 0 aliphatic rings. The van der Waals surface area contributed by atoms with Crippen molar-refractivity contribution in [3.05, 3.63) is 83.7 Å². The fraction of sp³-hybridized carbons (Fsp3) is 0.100. The Kier molecular flexibility index (Phi) is 4.57. The lowest BCUT2D eigenvalue weighted by molar-refractivity contribution is 0.102. The van der Waals surface area contributed by atoms with Gasteiger partial charge in [-0.2, -0.15) is 0 Å². The van der Waals surface area contributed by atoms with E-state index in [9.17, 15) is 4.79 Å². The largest absolute Gasteiger partial charge is 0.354 e. The second-order valence-electron chi connectivity index (χ2n) is 5.75. The van der Waals surface area contributed by atoms with E-state index in [0.29, 0.717) is 5.69 Å². The molecule has 3 aromatic rings. The average Bonchev–Trinajstić information content (AvgIpc) is 2.57. The van der Waals surface area contributed by atoms with E-state index in [2.05, 4.69) is 21.7 Å². The highest BCUT2D eigenvalue weighted by molar-refractivity contribution is 6.02. The zero-order chi connectivity index (χ0) is 16.9. The number of aryl methyl sites for hydroxylation is 2. The summed E-state index contributed by atoms with van der Waals surface area (Å²) in [5, 5.41) is 6.11. The van der Waals surface area contributed by atoms with E-state index in [1.54, 1.807) is 12.3 Å². The van der Waals surface area contributed by atoms with Crippen LogP contribution in [0.15, 0.2) is 66.9 Å². The first kappa shape index (κ1) is 15.7. The highest BCUT2D eigenvalue weighted by Crippen LogP contribution is 2.17. The van der Waals surface area contributed by atoms with Crippen molar-refractivity contribution < 1.29 is 4.79 Å². The van der Waals surface area contributed by atoms with Crippen LogP contribution in [0.25, 0.3) is 0 Å². The molecule has 0 spiro atoms. The summed E-state index contributed by atoms with van der Waals surface area (Å²) in [5.74, 6) is -0.221. The fourth-order valence-corrected chi connectivity index (χ4v) is 2.32. The van der Waals surface area contributed by atoms with Crippen LogP contribution in [-0.2, 0) is 0 Å². The summed E-state index contributed by atoms with van der Waals surface area (Å²) in [7, 11) is 0. The minimum atomic E-state index is -0.221. The van der Waals surface area contributed by atoms with Gasteiger partial charge in [-0.25, -0.2) is 4.98 Å².